The second-order valence-corrected chi connectivity index (χ2v) is 7.07. The van der Waals surface area contributed by atoms with Crippen LogP contribution < -0.4 is 16.2 Å². The Labute approximate surface area is 152 Å². The van der Waals surface area contributed by atoms with Crippen molar-refractivity contribution in [2.24, 2.45) is 5.92 Å². The van der Waals surface area contributed by atoms with E-state index in [1.807, 2.05) is 24.3 Å². The summed E-state index contributed by atoms with van der Waals surface area (Å²) < 4.78 is 6.46. The molecule has 0 fully saturated rings. The Balaban J connectivity index is 1.71. The smallest absolute Gasteiger partial charge is 0.131 e. The molecule has 2 aliphatic rings. The summed E-state index contributed by atoms with van der Waals surface area (Å²) in [4.78, 5) is 0. The predicted molar refractivity (Wildman–Crippen MR) is 107 cm³/mol. The molecule has 0 spiro atoms. The Bertz CT molecular complexity index is 1020. The molecule has 2 unspecified atom stereocenters. The molecule has 0 aromatic heterocycles. The van der Waals surface area contributed by atoms with Crippen molar-refractivity contribution in [1.29, 1.82) is 0 Å². The molecule has 26 heavy (non-hydrogen) atoms. The van der Waals surface area contributed by atoms with Crippen LogP contribution in [-0.2, 0) is 6.42 Å². The van der Waals surface area contributed by atoms with E-state index in [4.69, 9.17) is 16.2 Å². The van der Waals surface area contributed by atoms with Crippen molar-refractivity contribution in [2.45, 2.75) is 12.5 Å². The molecule has 3 aromatic carbocycles. The highest BCUT2D eigenvalue weighted by molar-refractivity contribution is 5.90. The van der Waals surface area contributed by atoms with E-state index in [-0.39, 0.29) is 12.0 Å². The highest BCUT2D eigenvalue weighted by Crippen LogP contribution is 2.50. The van der Waals surface area contributed by atoms with Crippen LogP contribution in [0.1, 0.15) is 28.4 Å². The maximum Gasteiger partial charge on any atom is 0.131 e. The molecular formula is C23H20N2O. The normalized spacial score (nSPS) is 20.2. The fraction of sp³-hybridized carbons (Fsp3) is 0.130. The van der Waals surface area contributed by atoms with Crippen molar-refractivity contribution in [3.8, 4) is 5.75 Å². The van der Waals surface area contributed by atoms with E-state index in [9.17, 15) is 0 Å². The van der Waals surface area contributed by atoms with E-state index < -0.39 is 0 Å². The maximum absolute atomic E-state index is 6.46. The summed E-state index contributed by atoms with van der Waals surface area (Å²) in [5.74, 6) is 1.12. The third-order valence-corrected chi connectivity index (χ3v) is 5.38. The van der Waals surface area contributed by atoms with Gasteiger partial charge in [-0.3, -0.25) is 0 Å². The van der Waals surface area contributed by atoms with Crippen molar-refractivity contribution in [1.82, 2.24) is 0 Å². The molecule has 0 radical (unpaired) electrons. The van der Waals surface area contributed by atoms with E-state index in [1.54, 1.807) is 0 Å². The zero-order chi connectivity index (χ0) is 17.7. The fourth-order valence-corrected chi connectivity index (χ4v) is 4.14. The molecule has 3 aromatic rings. The number of nitrogen functional groups attached to an aromatic ring is 2. The molecule has 0 saturated carbocycles. The van der Waals surface area contributed by atoms with Crippen LogP contribution >= 0.6 is 0 Å². The second kappa shape index (κ2) is 5.67. The van der Waals surface area contributed by atoms with E-state index in [1.165, 1.54) is 22.3 Å². The summed E-state index contributed by atoms with van der Waals surface area (Å²) in [6.07, 6.45) is 3.18. The lowest BCUT2D eigenvalue weighted by molar-refractivity contribution is 0.151. The number of ether oxygens (including phenoxy) is 1. The number of nitrogens with two attached hydrogens (primary N) is 2. The Kier molecular flexibility index (Phi) is 3.29. The zero-order valence-electron chi connectivity index (χ0n) is 14.4. The van der Waals surface area contributed by atoms with Crippen LogP contribution in [0, 0.1) is 5.92 Å². The molecule has 0 bridgehead atoms. The summed E-state index contributed by atoms with van der Waals surface area (Å²) in [7, 11) is 0. The number of hydrogen-bond acceptors (Lipinski definition) is 3. The molecule has 3 nitrogen and oxygen atoms in total. The minimum atomic E-state index is -0.0255. The second-order valence-electron chi connectivity index (χ2n) is 7.07. The van der Waals surface area contributed by atoms with Gasteiger partial charge < -0.3 is 16.2 Å². The average Bonchev–Trinajstić information content (AvgIpc) is 2.66. The maximum atomic E-state index is 6.46. The van der Waals surface area contributed by atoms with Gasteiger partial charge in [-0.25, -0.2) is 0 Å². The quantitative estimate of drug-likeness (QED) is 0.631. The topological polar surface area (TPSA) is 61.3 Å². The van der Waals surface area contributed by atoms with Crippen molar-refractivity contribution in [3.63, 3.8) is 0 Å². The van der Waals surface area contributed by atoms with Crippen LogP contribution in [0.4, 0.5) is 11.4 Å². The summed E-state index contributed by atoms with van der Waals surface area (Å²) in [5.41, 5.74) is 19.7. The first-order valence-electron chi connectivity index (χ1n) is 8.90. The van der Waals surface area contributed by atoms with Crippen LogP contribution in [-0.4, -0.2) is 0 Å². The summed E-state index contributed by atoms with van der Waals surface area (Å²) >= 11 is 0. The first kappa shape index (κ1) is 15.1. The molecule has 5 rings (SSSR count). The zero-order valence-corrected chi connectivity index (χ0v) is 14.4. The standard InChI is InChI=1S/C23H20N2O/c24-17-7-6-15-11-21-20(12-16(15)10-17)19-9-8-18(25)13-22(19)26-23(21)14-4-2-1-3-5-14/h1-10,12-13,21,23H,11,24-25H2. The van der Waals surface area contributed by atoms with Crippen LogP contribution in [0.15, 0.2) is 66.7 Å². The van der Waals surface area contributed by atoms with Gasteiger partial charge in [-0.05, 0) is 52.9 Å². The SMILES string of the molecule is Nc1ccc2c(c1)C=C1c3ccc(N)cc3OC(c3ccccc3)C1C2. The van der Waals surface area contributed by atoms with Crippen LogP contribution in [0.2, 0.25) is 0 Å². The average molecular weight is 340 g/mol. The molecule has 4 N–H and O–H groups in total. The summed E-state index contributed by atoms with van der Waals surface area (Å²) in [5, 5.41) is 0. The predicted octanol–water partition coefficient (Wildman–Crippen LogP) is 4.70. The van der Waals surface area contributed by atoms with E-state index >= 15 is 0 Å². The molecule has 1 aliphatic heterocycles. The van der Waals surface area contributed by atoms with E-state index in [2.05, 4.69) is 48.5 Å². The van der Waals surface area contributed by atoms with E-state index in [0.29, 0.717) is 0 Å². The number of benzene rings is 3. The van der Waals surface area contributed by atoms with Gasteiger partial charge in [-0.1, -0.05) is 42.5 Å². The van der Waals surface area contributed by atoms with Gasteiger partial charge in [0.05, 0.1) is 0 Å². The minimum Gasteiger partial charge on any atom is -0.484 e. The molecule has 0 saturated heterocycles. The number of rotatable bonds is 1. The van der Waals surface area contributed by atoms with Crippen molar-refractivity contribution in [2.75, 3.05) is 11.5 Å². The number of fused-ring (bicyclic) bond motifs is 4. The van der Waals surface area contributed by atoms with Crippen molar-refractivity contribution >= 4 is 23.0 Å². The lowest BCUT2D eigenvalue weighted by atomic mass is 9.74. The monoisotopic (exact) mass is 340 g/mol. The van der Waals surface area contributed by atoms with Gasteiger partial charge in [0, 0.05) is 28.9 Å². The van der Waals surface area contributed by atoms with Gasteiger partial charge in [0.1, 0.15) is 11.9 Å². The van der Waals surface area contributed by atoms with Gasteiger partial charge in [0.2, 0.25) is 0 Å². The fourth-order valence-electron chi connectivity index (χ4n) is 4.14. The van der Waals surface area contributed by atoms with Crippen LogP contribution in [0.3, 0.4) is 0 Å². The molecule has 1 heterocycles. The molecule has 1 aliphatic carbocycles. The third kappa shape index (κ3) is 2.36. The van der Waals surface area contributed by atoms with Crippen molar-refractivity contribution < 1.29 is 4.74 Å². The minimum absolute atomic E-state index is 0.0255. The van der Waals surface area contributed by atoms with Crippen molar-refractivity contribution in [3.05, 3.63) is 89.0 Å². The van der Waals surface area contributed by atoms with E-state index in [0.717, 1.165) is 29.1 Å². The largest absolute Gasteiger partial charge is 0.484 e. The lowest BCUT2D eigenvalue weighted by Gasteiger charge is -2.38. The van der Waals surface area contributed by atoms with Crippen LogP contribution in [0.5, 0.6) is 5.75 Å². The first-order valence-corrected chi connectivity index (χ1v) is 8.90. The van der Waals surface area contributed by atoms with Gasteiger partial charge in [0.15, 0.2) is 0 Å². The van der Waals surface area contributed by atoms with Crippen LogP contribution in [0.25, 0.3) is 11.6 Å². The highest BCUT2D eigenvalue weighted by atomic mass is 16.5. The van der Waals surface area contributed by atoms with Gasteiger partial charge in [0.25, 0.3) is 0 Å². The van der Waals surface area contributed by atoms with Gasteiger partial charge in [-0.2, -0.15) is 0 Å². The molecular weight excluding hydrogens is 320 g/mol. The molecule has 2 atom stereocenters. The summed E-state index contributed by atoms with van der Waals surface area (Å²) in [6, 6.07) is 22.6. The third-order valence-electron chi connectivity index (χ3n) is 5.38. The molecule has 3 heteroatoms. The van der Waals surface area contributed by atoms with Gasteiger partial charge >= 0.3 is 0 Å². The van der Waals surface area contributed by atoms with Gasteiger partial charge in [-0.15, -0.1) is 0 Å². The Morgan fingerprint density at radius 1 is 0.846 bits per heavy atom. The Hall–Kier alpha value is -3.20. The molecule has 0 amide bonds. The highest BCUT2D eigenvalue weighted by Gasteiger charge is 2.37. The Morgan fingerprint density at radius 3 is 2.46 bits per heavy atom. The Morgan fingerprint density at radius 2 is 1.62 bits per heavy atom. The lowest BCUT2D eigenvalue weighted by Crippen LogP contribution is -2.28. The number of anilines is 2. The summed E-state index contributed by atoms with van der Waals surface area (Å²) in [6.45, 7) is 0. The number of hydrogen-bond donors (Lipinski definition) is 2. The first-order chi connectivity index (χ1) is 12.7. The molecule has 128 valence electrons.